The van der Waals surface area contributed by atoms with Crippen LogP contribution >= 0.6 is 0 Å². The topological polar surface area (TPSA) is 342 Å². The second-order valence-electron chi connectivity index (χ2n) is 23.7. The maximum Gasteiger partial charge on any atom is 0.407 e. The lowest BCUT2D eigenvalue weighted by molar-refractivity contribution is 0.0525. The van der Waals surface area contributed by atoms with Crippen LogP contribution in [-0.4, -0.2) is 187 Å². The Balaban J connectivity index is 1.15. The van der Waals surface area contributed by atoms with Gasteiger partial charge in [-0.1, -0.05) is 97.4 Å². The van der Waals surface area contributed by atoms with E-state index in [2.05, 4.69) is 37.2 Å². The molecule has 9 N–H and O–H groups in total. The number of alkyl carbamates (subject to hydrolysis) is 1. The number of rotatable bonds is 16. The number of unbranched alkanes of at least 4 members (excludes halogenated alkanes) is 1. The van der Waals surface area contributed by atoms with E-state index < -0.39 is 69.9 Å². The highest BCUT2D eigenvalue weighted by Gasteiger charge is 2.26. The Kier molecular flexibility index (Phi) is 26.2. The van der Waals surface area contributed by atoms with Gasteiger partial charge in [0.05, 0.1) is 0 Å². The molecule has 6 aromatic rings. The third-order valence-corrected chi connectivity index (χ3v) is 15.3. The first-order valence-corrected chi connectivity index (χ1v) is 31.7. The molecule has 12 aliphatic heterocycles. The average Bonchev–Trinajstić information content (AvgIpc) is 0.853. The summed E-state index contributed by atoms with van der Waals surface area (Å²) in [6.07, 6.45) is 1.24. The minimum Gasteiger partial charge on any atom is -0.444 e. The number of aromatic nitrogens is 3. The molecule has 1 atom stereocenters. The molecule has 1 unspecified atom stereocenters. The number of benzene rings is 3. The van der Waals surface area contributed by atoms with E-state index in [-0.39, 0.29) is 145 Å². The molecule has 28 nitrogen and oxygen atoms in total. The van der Waals surface area contributed by atoms with Crippen molar-refractivity contribution in [2.45, 2.75) is 71.5 Å². The molecule has 95 heavy (non-hydrogen) atoms. The molecule has 0 radical (unpaired) electrons. The maximum atomic E-state index is 14.4. The number of hydrogen-bond acceptors (Lipinski definition) is 18. The summed E-state index contributed by atoms with van der Waals surface area (Å²) in [4.78, 5) is 164. The van der Waals surface area contributed by atoms with Crippen molar-refractivity contribution < 1.29 is 52.8 Å². The van der Waals surface area contributed by atoms with Crippen LogP contribution in [0.25, 0.3) is 0 Å². The summed E-state index contributed by atoms with van der Waals surface area (Å²) in [6, 6.07) is 34.0. The Morgan fingerprint density at radius 2 is 0.779 bits per heavy atom. The number of amides is 7. The lowest BCUT2D eigenvalue weighted by Gasteiger charge is -2.30. The number of ether oxygens (including phenoxy) is 1. The van der Waals surface area contributed by atoms with Gasteiger partial charge in [-0.05, 0) is 86.7 Å². The van der Waals surface area contributed by atoms with E-state index in [1.165, 1.54) is 36.4 Å². The maximum absolute atomic E-state index is 14.4. The third-order valence-electron chi connectivity index (χ3n) is 15.3. The lowest BCUT2D eigenvalue weighted by atomic mass is 10.1. The molecule has 0 saturated heterocycles. The fourth-order valence-electron chi connectivity index (χ4n) is 10.3. The Morgan fingerprint density at radius 3 is 1.14 bits per heavy atom. The van der Waals surface area contributed by atoms with Crippen LogP contribution in [0.2, 0.25) is 0 Å². The number of pyridine rings is 3. The predicted molar refractivity (Wildman–Crippen MR) is 352 cm³/mol. The molecular weight excluding hydrogens is 1220 g/mol. The molecule has 0 spiro atoms. The molecule has 7 amide bonds. The Morgan fingerprint density at radius 1 is 0.442 bits per heavy atom. The molecule has 28 heteroatoms. The molecule has 506 valence electrons. The fraction of sp³-hybridized carbons (Fsp3) is 0.403. The summed E-state index contributed by atoms with van der Waals surface area (Å²) < 4.78 is 7.72. The molecule has 18 rings (SSSR count). The minimum atomic E-state index is -0.912. The van der Waals surface area contributed by atoms with Gasteiger partial charge < -0.3 is 62.2 Å². The standard InChI is InChI=1S/C67H84N14O14/c1-67(2,3)95-66(91)75-28-14-13-21-50(68)43-78-40-34-71-59(84)53-24-27-56(81(65(53)90)94-46-49-19-11-6-12-20-49)62(87)74-33-37-76-35-31-72-60(85)54-25-22-51(63(88)79(54)92-44-47-15-7-4-8-16-47)57(82)69-29-38-77(41-42-78)39-30-70-58(83)52-23-26-55(61(86)73-32-36-76)80(64(52)89)93-45-48-17-9-5-10-18-48/h4-12,15-20,22-27,50H,13-14,21,28-46,68H2,1-3H3,(H,69,82)(H,70,83)(H,71,84)(H,72,85)(H,73,86)(H,74,87)(H,75,91). The van der Waals surface area contributed by atoms with Crippen LogP contribution in [0.15, 0.2) is 142 Å². The number of nitrogens with zero attached hydrogens (tertiary/aromatic N) is 6. The van der Waals surface area contributed by atoms with E-state index in [0.29, 0.717) is 49.0 Å². The SMILES string of the molecule is CC(C)(C)OC(=O)NCCCCC(N)CN1CCNC(=O)c2ccc(n(OCc3ccccc3)c2=O)C(=O)NCCN2CCNC(=O)c3ccc(c(=O)n3OCc3ccccc3)C(=O)NCCN(CCNC(=O)c3ccc(n(OCc4ccccc4)c3=O)C(=O)NCC2)CC1. The second-order valence-corrected chi connectivity index (χ2v) is 23.7. The number of carbonyl (C=O) groups excluding carboxylic acids is 7. The summed E-state index contributed by atoms with van der Waals surface area (Å²) in [7, 11) is 0. The van der Waals surface area contributed by atoms with Gasteiger partial charge in [0.15, 0.2) is 0 Å². The molecule has 0 saturated carbocycles. The molecule has 12 aliphatic rings. The van der Waals surface area contributed by atoms with Gasteiger partial charge in [0.2, 0.25) is 0 Å². The van der Waals surface area contributed by atoms with Gasteiger partial charge in [-0.2, -0.15) is 0 Å². The summed E-state index contributed by atoms with van der Waals surface area (Å²) in [5, 5.41) is 19.7. The average molecular weight is 1310 g/mol. The van der Waals surface area contributed by atoms with Crippen molar-refractivity contribution in [1.82, 2.24) is 66.1 Å². The van der Waals surface area contributed by atoms with Gasteiger partial charge in [0.25, 0.3) is 52.1 Å². The summed E-state index contributed by atoms with van der Waals surface area (Å²) in [5.41, 5.74) is 3.80. The summed E-state index contributed by atoms with van der Waals surface area (Å²) in [5.74, 6) is -4.49. The Labute approximate surface area is 549 Å². The molecule has 3 aromatic heterocycles. The predicted octanol–water partition coefficient (Wildman–Crippen LogP) is 0.793. The van der Waals surface area contributed by atoms with E-state index in [0.717, 1.165) is 14.2 Å². The minimum absolute atomic E-state index is 0.0134. The highest BCUT2D eigenvalue weighted by molar-refractivity contribution is 5.98. The lowest BCUT2D eigenvalue weighted by Crippen LogP contribution is -2.47. The number of nitrogens with two attached hydrogens (primary N) is 1. The zero-order chi connectivity index (χ0) is 67.7. The molecule has 15 heterocycles. The van der Waals surface area contributed by atoms with Crippen LogP contribution in [0.5, 0.6) is 0 Å². The van der Waals surface area contributed by atoms with Crippen LogP contribution in [0.1, 0.15) is 119 Å². The highest BCUT2D eigenvalue weighted by Crippen LogP contribution is 2.11. The monoisotopic (exact) mass is 1310 g/mol. The normalized spacial score (nSPS) is 17.3. The second kappa shape index (κ2) is 35.2. The van der Waals surface area contributed by atoms with Crippen LogP contribution in [0, 0.1) is 0 Å². The van der Waals surface area contributed by atoms with E-state index in [1.54, 1.807) is 98.5 Å². The first-order valence-electron chi connectivity index (χ1n) is 31.7. The van der Waals surface area contributed by atoms with Crippen molar-refractivity contribution >= 4 is 41.5 Å². The van der Waals surface area contributed by atoms with Crippen molar-refractivity contribution in [1.29, 1.82) is 0 Å². The first-order chi connectivity index (χ1) is 45.8. The fourth-order valence-corrected chi connectivity index (χ4v) is 10.3. The van der Waals surface area contributed by atoms with Gasteiger partial charge in [-0.3, -0.25) is 57.9 Å². The number of hydrogen-bond donors (Lipinski definition) is 8. The van der Waals surface area contributed by atoms with Crippen LogP contribution in [-0.2, 0) is 24.6 Å². The van der Waals surface area contributed by atoms with Crippen molar-refractivity contribution in [3.05, 3.63) is 209 Å². The van der Waals surface area contributed by atoms with E-state index >= 15 is 0 Å². The first kappa shape index (κ1) is 70.7. The molecule has 3 aromatic carbocycles. The van der Waals surface area contributed by atoms with E-state index in [4.69, 9.17) is 25.0 Å². The number of nitrogens with one attached hydrogen (secondary N) is 7. The zero-order valence-electron chi connectivity index (χ0n) is 53.7. The zero-order valence-corrected chi connectivity index (χ0v) is 53.7. The van der Waals surface area contributed by atoms with Gasteiger partial charge in [0, 0.05) is 111 Å². The van der Waals surface area contributed by atoms with Gasteiger partial charge in [-0.25, -0.2) is 4.79 Å². The molecule has 0 aliphatic carbocycles. The van der Waals surface area contributed by atoms with Crippen molar-refractivity contribution in [2.24, 2.45) is 5.73 Å². The van der Waals surface area contributed by atoms with Gasteiger partial charge >= 0.3 is 6.09 Å². The largest absolute Gasteiger partial charge is 0.444 e. The van der Waals surface area contributed by atoms with Crippen molar-refractivity contribution in [2.75, 3.05) is 105 Å². The van der Waals surface area contributed by atoms with Crippen LogP contribution in [0.3, 0.4) is 0 Å². The number of carbonyl (C=O) groups is 7. The van der Waals surface area contributed by atoms with Gasteiger partial charge in [-0.15, -0.1) is 14.2 Å². The quantitative estimate of drug-likeness (QED) is 0.0621. The molecular formula is C67H84N14O14. The Bertz CT molecular complexity index is 3640. The van der Waals surface area contributed by atoms with Crippen LogP contribution < -0.4 is 74.1 Å². The van der Waals surface area contributed by atoms with E-state index in [9.17, 15) is 47.9 Å². The summed E-state index contributed by atoms with van der Waals surface area (Å²) >= 11 is 0. The smallest absolute Gasteiger partial charge is 0.407 e. The van der Waals surface area contributed by atoms with Gasteiger partial charge in [0.1, 0.15) is 59.2 Å². The molecule has 8 bridgehead atoms. The van der Waals surface area contributed by atoms with Crippen molar-refractivity contribution in [3.8, 4) is 0 Å². The van der Waals surface area contributed by atoms with Crippen LogP contribution in [0.4, 0.5) is 4.79 Å². The van der Waals surface area contributed by atoms with Crippen molar-refractivity contribution in [3.63, 3.8) is 0 Å². The Hall–Kier alpha value is -10.2. The van der Waals surface area contributed by atoms with E-state index in [1.807, 2.05) is 28.0 Å². The summed E-state index contributed by atoms with van der Waals surface area (Å²) in [6.45, 7) is 6.49. The third kappa shape index (κ3) is 21.4. The molecule has 0 fully saturated rings. The highest BCUT2D eigenvalue weighted by atomic mass is 16.7.